The first-order chi connectivity index (χ1) is 15.8. The number of cyclic esters (lactones) is 1. The maximum atomic E-state index is 13.2. The van der Waals surface area contributed by atoms with Crippen molar-refractivity contribution in [3.63, 3.8) is 0 Å². The van der Waals surface area contributed by atoms with Crippen LogP contribution in [0.15, 0.2) is 72.8 Å². The number of hydrogen-bond acceptors (Lipinski definition) is 3. The van der Waals surface area contributed by atoms with Gasteiger partial charge in [0.05, 0.1) is 0 Å². The number of nitrogens with one attached hydrogen (secondary N) is 1. The Bertz CT molecular complexity index is 1110. The van der Waals surface area contributed by atoms with E-state index in [1.165, 1.54) is 0 Å². The van der Waals surface area contributed by atoms with Gasteiger partial charge in [0, 0.05) is 12.1 Å². The molecule has 1 amide bonds. The number of para-hydroxylation sites is 1. The van der Waals surface area contributed by atoms with Gasteiger partial charge in [0.2, 0.25) is 5.91 Å². The summed E-state index contributed by atoms with van der Waals surface area (Å²) in [5.74, 6) is -1.06. The molecular formula is C29H31NO3. The molecule has 33 heavy (non-hydrogen) atoms. The van der Waals surface area contributed by atoms with Gasteiger partial charge in [-0.15, -0.1) is 0 Å². The molecule has 0 saturated carbocycles. The summed E-state index contributed by atoms with van der Waals surface area (Å²) in [6, 6.07) is 24.2. The SMILES string of the molecule is CC(C)c1cccc(C(C)C)c1NC(=O)C1CC(c2ccc(-c3ccccc3)cc2)OC1=O. The van der Waals surface area contributed by atoms with Crippen LogP contribution in [0.5, 0.6) is 0 Å². The molecule has 1 aliphatic heterocycles. The maximum Gasteiger partial charge on any atom is 0.319 e. The molecule has 0 spiro atoms. The zero-order valence-corrected chi connectivity index (χ0v) is 19.7. The highest BCUT2D eigenvalue weighted by molar-refractivity contribution is 6.06. The van der Waals surface area contributed by atoms with Crippen molar-refractivity contribution in [1.29, 1.82) is 0 Å². The fraction of sp³-hybridized carbons (Fsp3) is 0.310. The quantitative estimate of drug-likeness (QED) is 0.336. The molecular weight excluding hydrogens is 410 g/mol. The third kappa shape index (κ3) is 4.85. The molecule has 1 heterocycles. The van der Waals surface area contributed by atoms with Crippen molar-refractivity contribution in [2.24, 2.45) is 5.92 Å². The van der Waals surface area contributed by atoms with Crippen molar-refractivity contribution in [3.8, 4) is 11.1 Å². The van der Waals surface area contributed by atoms with E-state index in [0.717, 1.165) is 33.5 Å². The Hall–Kier alpha value is -3.40. The second-order valence-corrected chi connectivity index (χ2v) is 9.31. The first-order valence-electron chi connectivity index (χ1n) is 11.6. The lowest BCUT2D eigenvalue weighted by molar-refractivity contribution is -0.146. The average molecular weight is 442 g/mol. The number of esters is 1. The van der Waals surface area contributed by atoms with Crippen LogP contribution < -0.4 is 5.32 Å². The largest absolute Gasteiger partial charge is 0.457 e. The maximum absolute atomic E-state index is 13.2. The molecule has 0 bridgehead atoms. The van der Waals surface area contributed by atoms with Gasteiger partial charge in [0.1, 0.15) is 12.0 Å². The van der Waals surface area contributed by atoms with Crippen molar-refractivity contribution < 1.29 is 14.3 Å². The Labute approximate surface area is 196 Å². The van der Waals surface area contributed by atoms with Crippen LogP contribution in [0, 0.1) is 5.92 Å². The lowest BCUT2D eigenvalue weighted by Gasteiger charge is -2.21. The minimum Gasteiger partial charge on any atom is -0.457 e. The van der Waals surface area contributed by atoms with Gasteiger partial charge >= 0.3 is 5.97 Å². The number of hydrogen-bond donors (Lipinski definition) is 1. The van der Waals surface area contributed by atoms with E-state index < -0.39 is 18.0 Å². The smallest absolute Gasteiger partial charge is 0.319 e. The Kier molecular flexibility index (Phi) is 6.64. The van der Waals surface area contributed by atoms with Crippen LogP contribution in [0.25, 0.3) is 11.1 Å². The van der Waals surface area contributed by atoms with E-state index in [4.69, 9.17) is 4.74 Å². The lowest BCUT2D eigenvalue weighted by atomic mass is 9.92. The van der Waals surface area contributed by atoms with Gasteiger partial charge in [0.15, 0.2) is 0 Å². The molecule has 0 aromatic heterocycles. The molecule has 3 aromatic rings. The van der Waals surface area contributed by atoms with E-state index in [-0.39, 0.29) is 17.7 Å². The van der Waals surface area contributed by atoms with Crippen LogP contribution in [0.3, 0.4) is 0 Å². The summed E-state index contributed by atoms with van der Waals surface area (Å²) in [6.07, 6.45) is -0.0704. The predicted octanol–water partition coefficient (Wildman–Crippen LogP) is 6.84. The van der Waals surface area contributed by atoms with Gasteiger partial charge in [-0.3, -0.25) is 9.59 Å². The third-order valence-electron chi connectivity index (χ3n) is 6.32. The van der Waals surface area contributed by atoms with Crippen molar-refractivity contribution in [2.45, 2.75) is 52.1 Å². The topological polar surface area (TPSA) is 55.4 Å². The zero-order chi connectivity index (χ0) is 23.5. The zero-order valence-electron chi connectivity index (χ0n) is 19.7. The summed E-state index contributed by atoms with van der Waals surface area (Å²) in [6.45, 7) is 8.42. The van der Waals surface area contributed by atoms with Crippen LogP contribution in [-0.4, -0.2) is 11.9 Å². The second kappa shape index (κ2) is 9.62. The van der Waals surface area contributed by atoms with Crippen LogP contribution in [-0.2, 0) is 14.3 Å². The van der Waals surface area contributed by atoms with Crippen LogP contribution in [0.4, 0.5) is 5.69 Å². The monoisotopic (exact) mass is 441 g/mol. The van der Waals surface area contributed by atoms with Gasteiger partial charge < -0.3 is 10.1 Å². The molecule has 2 unspecified atom stereocenters. The molecule has 1 N–H and O–H groups in total. The van der Waals surface area contributed by atoms with Crippen molar-refractivity contribution >= 4 is 17.6 Å². The summed E-state index contributed by atoms with van der Waals surface area (Å²) >= 11 is 0. The molecule has 1 fully saturated rings. The molecule has 4 nitrogen and oxygen atoms in total. The number of anilines is 1. The van der Waals surface area contributed by atoms with Gasteiger partial charge in [-0.05, 0) is 39.7 Å². The van der Waals surface area contributed by atoms with E-state index in [2.05, 4.69) is 45.1 Å². The molecule has 0 aliphatic carbocycles. The van der Waals surface area contributed by atoms with Crippen molar-refractivity contribution in [2.75, 3.05) is 5.32 Å². The standard InChI is InChI=1S/C29H31NO3/c1-18(2)23-11-8-12-24(19(3)4)27(23)30-28(31)25-17-26(33-29(25)32)22-15-13-21(14-16-22)20-9-6-5-7-10-20/h5-16,18-19,25-26H,17H2,1-4H3,(H,30,31). The molecule has 0 radical (unpaired) electrons. The van der Waals surface area contributed by atoms with Gasteiger partial charge in [-0.25, -0.2) is 0 Å². The summed E-state index contributed by atoms with van der Waals surface area (Å²) in [5.41, 5.74) is 6.13. The summed E-state index contributed by atoms with van der Waals surface area (Å²) in [7, 11) is 0. The molecule has 2 atom stereocenters. The predicted molar refractivity (Wildman–Crippen MR) is 132 cm³/mol. The molecule has 3 aromatic carbocycles. The lowest BCUT2D eigenvalue weighted by Crippen LogP contribution is -2.27. The molecule has 1 saturated heterocycles. The summed E-state index contributed by atoms with van der Waals surface area (Å²) in [5, 5.41) is 3.08. The number of rotatable bonds is 6. The Morgan fingerprint density at radius 2 is 1.39 bits per heavy atom. The number of carbonyl (C=O) groups is 2. The highest BCUT2D eigenvalue weighted by Gasteiger charge is 2.40. The number of carbonyl (C=O) groups excluding carboxylic acids is 2. The van der Waals surface area contributed by atoms with Crippen LogP contribution >= 0.6 is 0 Å². The van der Waals surface area contributed by atoms with Gasteiger partial charge in [-0.2, -0.15) is 0 Å². The number of ether oxygens (including phenoxy) is 1. The number of amides is 1. The van der Waals surface area contributed by atoms with E-state index in [9.17, 15) is 9.59 Å². The Balaban J connectivity index is 1.51. The molecule has 4 rings (SSSR count). The second-order valence-electron chi connectivity index (χ2n) is 9.31. The fourth-order valence-electron chi connectivity index (χ4n) is 4.43. The first kappa shape index (κ1) is 22.8. The minimum absolute atomic E-state index is 0.255. The Morgan fingerprint density at radius 3 is 1.97 bits per heavy atom. The normalized spacial score (nSPS) is 17.9. The minimum atomic E-state index is -0.816. The summed E-state index contributed by atoms with van der Waals surface area (Å²) < 4.78 is 5.62. The molecule has 170 valence electrons. The van der Waals surface area contributed by atoms with Crippen molar-refractivity contribution in [3.05, 3.63) is 89.5 Å². The molecule has 1 aliphatic rings. The third-order valence-corrected chi connectivity index (χ3v) is 6.32. The first-order valence-corrected chi connectivity index (χ1v) is 11.6. The average Bonchev–Trinajstić information content (AvgIpc) is 3.21. The van der Waals surface area contributed by atoms with Gasteiger partial charge in [-0.1, -0.05) is 100 Å². The highest BCUT2D eigenvalue weighted by atomic mass is 16.6. The van der Waals surface area contributed by atoms with E-state index in [1.807, 2.05) is 60.7 Å². The summed E-state index contributed by atoms with van der Waals surface area (Å²) in [4.78, 5) is 25.8. The van der Waals surface area contributed by atoms with E-state index in [1.54, 1.807) is 0 Å². The molecule has 4 heteroatoms. The van der Waals surface area contributed by atoms with Crippen molar-refractivity contribution in [1.82, 2.24) is 0 Å². The van der Waals surface area contributed by atoms with Crippen LogP contribution in [0.1, 0.15) is 68.7 Å². The fourth-order valence-corrected chi connectivity index (χ4v) is 4.43. The van der Waals surface area contributed by atoms with E-state index in [0.29, 0.717) is 6.42 Å². The van der Waals surface area contributed by atoms with Crippen LogP contribution in [0.2, 0.25) is 0 Å². The highest BCUT2D eigenvalue weighted by Crippen LogP contribution is 2.37. The number of benzene rings is 3. The van der Waals surface area contributed by atoms with E-state index >= 15 is 0 Å². The Morgan fingerprint density at radius 1 is 0.818 bits per heavy atom. The van der Waals surface area contributed by atoms with Gasteiger partial charge in [0.25, 0.3) is 0 Å².